The van der Waals surface area contributed by atoms with Crippen molar-refractivity contribution in [1.82, 2.24) is 14.1 Å². The van der Waals surface area contributed by atoms with Crippen molar-refractivity contribution in [3.63, 3.8) is 0 Å². The average Bonchev–Trinajstić information content (AvgIpc) is 2.82. The molecular weight excluding hydrogens is 581 g/mol. The summed E-state index contributed by atoms with van der Waals surface area (Å²) >= 11 is 12.4. The summed E-state index contributed by atoms with van der Waals surface area (Å²) in [5.41, 5.74) is -1.69. The van der Waals surface area contributed by atoms with Crippen LogP contribution in [0, 0.1) is 5.82 Å². The number of hydrogen-bond donors (Lipinski definition) is 0. The molecular formula is C26H31Cl2F4N3O3S. The van der Waals surface area contributed by atoms with Crippen LogP contribution in [0.1, 0.15) is 37.0 Å². The first kappa shape index (κ1) is 31.6. The topological polar surface area (TPSA) is 60.9 Å². The monoisotopic (exact) mass is 611 g/mol. The molecule has 6 nitrogen and oxygen atoms in total. The molecule has 1 aliphatic rings. The van der Waals surface area contributed by atoms with Gasteiger partial charge in [0.2, 0.25) is 15.9 Å². The van der Waals surface area contributed by atoms with E-state index in [2.05, 4.69) is 4.90 Å². The SMILES string of the molecule is CC1CN(CCC(C)(C(=O)N(C)Cc2ccc(C(F)(F)F)c(F)c2)c2ccc(Cl)c(Cl)c2)CCN1S(C)(=O)=O. The van der Waals surface area contributed by atoms with Crippen LogP contribution < -0.4 is 0 Å². The van der Waals surface area contributed by atoms with E-state index in [0.717, 1.165) is 12.1 Å². The maximum absolute atomic E-state index is 14.1. The molecule has 39 heavy (non-hydrogen) atoms. The molecule has 1 heterocycles. The van der Waals surface area contributed by atoms with E-state index in [1.165, 1.54) is 22.5 Å². The van der Waals surface area contributed by atoms with E-state index in [9.17, 15) is 30.8 Å². The minimum absolute atomic E-state index is 0.116. The molecule has 2 unspecified atom stereocenters. The van der Waals surface area contributed by atoms with Crippen LogP contribution in [0.2, 0.25) is 10.0 Å². The standard InChI is InChI=1S/C26H31Cl2F4N3O3S/c1-17-15-34(11-12-35(17)39(4,37)38)10-9-25(2,19-6-8-21(27)22(28)14-19)24(36)33(3)16-18-5-7-20(23(29)13-18)26(30,31)32/h5-8,13-14,17H,9-12,15-16H2,1-4H3. The zero-order chi connectivity index (χ0) is 29.3. The van der Waals surface area contributed by atoms with Gasteiger partial charge in [-0.25, -0.2) is 12.8 Å². The lowest BCUT2D eigenvalue weighted by molar-refractivity contribution is -0.140. The highest BCUT2D eigenvalue weighted by molar-refractivity contribution is 7.88. The van der Waals surface area contributed by atoms with Gasteiger partial charge in [0.05, 0.1) is 27.3 Å². The number of nitrogens with zero attached hydrogens (tertiary/aromatic N) is 3. The summed E-state index contributed by atoms with van der Waals surface area (Å²) in [6.45, 7) is 5.23. The smallest absolute Gasteiger partial charge is 0.341 e. The van der Waals surface area contributed by atoms with Crippen LogP contribution >= 0.6 is 23.2 Å². The number of amides is 1. The van der Waals surface area contributed by atoms with Gasteiger partial charge in [-0.3, -0.25) is 4.79 Å². The molecule has 13 heteroatoms. The van der Waals surface area contributed by atoms with E-state index in [4.69, 9.17) is 23.2 Å². The number of halogens is 6. The number of likely N-dealkylation sites (N-methyl/N-ethyl adjacent to an activating group) is 1. The number of alkyl halides is 3. The Morgan fingerprint density at radius 3 is 2.31 bits per heavy atom. The number of carbonyl (C=O) groups excluding carboxylic acids is 1. The molecule has 1 fully saturated rings. The number of hydrogen-bond acceptors (Lipinski definition) is 4. The van der Waals surface area contributed by atoms with Gasteiger partial charge in [-0.05, 0) is 62.2 Å². The second-order valence-electron chi connectivity index (χ2n) is 10.2. The highest BCUT2D eigenvalue weighted by atomic mass is 35.5. The van der Waals surface area contributed by atoms with E-state index in [0.29, 0.717) is 49.3 Å². The number of rotatable bonds is 8. The van der Waals surface area contributed by atoms with Crippen LogP contribution in [0.15, 0.2) is 36.4 Å². The minimum Gasteiger partial charge on any atom is -0.341 e. The van der Waals surface area contributed by atoms with E-state index in [1.807, 2.05) is 6.92 Å². The largest absolute Gasteiger partial charge is 0.419 e. The van der Waals surface area contributed by atoms with Gasteiger partial charge in [0, 0.05) is 39.3 Å². The molecule has 3 rings (SSSR count). The molecule has 0 aliphatic carbocycles. The highest BCUT2D eigenvalue weighted by Crippen LogP contribution is 2.36. The van der Waals surface area contributed by atoms with Crippen molar-refractivity contribution in [2.45, 2.75) is 44.4 Å². The van der Waals surface area contributed by atoms with Gasteiger partial charge in [0.25, 0.3) is 0 Å². The van der Waals surface area contributed by atoms with Gasteiger partial charge in [0.1, 0.15) is 5.82 Å². The molecule has 0 bridgehead atoms. The van der Waals surface area contributed by atoms with Crippen molar-refractivity contribution in [2.75, 3.05) is 39.5 Å². The minimum atomic E-state index is -4.82. The van der Waals surface area contributed by atoms with Crippen LogP contribution in [-0.4, -0.2) is 74.0 Å². The maximum atomic E-state index is 14.1. The Morgan fingerprint density at radius 1 is 1.10 bits per heavy atom. The summed E-state index contributed by atoms with van der Waals surface area (Å²) in [5.74, 6) is -1.75. The molecule has 1 amide bonds. The quantitative estimate of drug-likeness (QED) is 0.374. The van der Waals surface area contributed by atoms with Crippen molar-refractivity contribution in [3.05, 3.63) is 69.0 Å². The molecule has 2 atom stereocenters. The summed E-state index contributed by atoms with van der Waals surface area (Å²) in [4.78, 5) is 17.3. The summed E-state index contributed by atoms with van der Waals surface area (Å²) in [5, 5.41) is 0.575. The van der Waals surface area contributed by atoms with Crippen LogP contribution in [0.3, 0.4) is 0 Å². The number of sulfonamides is 1. The van der Waals surface area contributed by atoms with Crippen molar-refractivity contribution < 1.29 is 30.8 Å². The Balaban J connectivity index is 1.83. The summed E-state index contributed by atoms with van der Waals surface area (Å²) in [6.07, 6.45) is -3.31. The Bertz CT molecular complexity index is 1330. The molecule has 1 saturated heterocycles. The van der Waals surface area contributed by atoms with Gasteiger partial charge in [-0.15, -0.1) is 0 Å². The third kappa shape index (κ3) is 7.43. The lowest BCUT2D eigenvalue weighted by Crippen LogP contribution is -2.54. The molecule has 216 valence electrons. The first-order valence-corrected chi connectivity index (χ1v) is 14.8. The van der Waals surface area contributed by atoms with Crippen LogP contribution in [-0.2, 0) is 33.0 Å². The Labute approximate surface area is 236 Å². The Hall–Kier alpha value is -1.92. The van der Waals surface area contributed by atoms with Gasteiger partial charge >= 0.3 is 6.18 Å². The van der Waals surface area contributed by atoms with Gasteiger partial charge in [0.15, 0.2) is 0 Å². The molecule has 0 aromatic heterocycles. The summed E-state index contributed by atoms with van der Waals surface area (Å²) < 4.78 is 78.5. The first-order valence-electron chi connectivity index (χ1n) is 12.2. The van der Waals surface area contributed by atoms with Crippen molar-refractivity contribution in [3.8, 4) is 0 Å². The number of piperazine rings is 1. The lowest BCUT2D eigenvalue weighted by Gasteiger charge is -2.40. The molecule has 2 aromatic carbocycles. The van der Waals surface area contributed by atoms with Gasteiger partial charge < -0.3 is 9.80 Å². The Morgan fingerprint density at radius 2 is 1.77 bits per heavy atom. The zero-order valence-corrected chi connectivity index (χ0v) is 24.4. The van der Waals surface area contributed by atoms with Crippen LogP contribution in [0.5, 0.6) is 0 Å². The maximum Gasteiger partial charge on any atom is 0.419 e. The zero-order valence-electron chi connectivity index (χ0n) is 22.0. The predicted molar refractivity (Wildman–Crippen MR) is 144 cm³/mol. The third-order valence-electron chi connectivity index (χ3n) is 7.14. The third-order valence-corrected chi connectivity index (χ3v) is 9.27. The summed E-state index contributed by atoms with van der Waals surface area (Å²) in [6, 6.07) is 7.25. The van der Waals surface area contributed by atoms with Crippen LogP contribution in [0.25, 0.3) is 0 Å². The fourth-order valence-electron chi connectivity index (χ4n) is 4.96. The lowest BCUT2D eigenvalue weighted by atomic mass is 9.77. The normalized spacial score (nSPS) is 19.1. The first-order chi connectivity index (χ1) is 17.9. The van der Waals surface area contributed by atoms with E-state index in [-0.39, 0.29) is 29.1 Å². The fraction of sp³-hybridized carbons (Fsp3) is 0.500. The molecule has 0 radical (unpaired) electrons. The molecule has 0 saturated carbocycles. The second-order valence-corrected chi connectivity index (χ2v) is 13.0. The van der Waals surface area contributed by atoms with Gasteiger partial charge in [-0.2, -0.15) is 17.5 Å². The van der Waals surface area contributed by atoms with Gasteiger partial charge in [-0.1, -0.05) is 35.3 Å². The Kier molecular flexibility index (Phi) is 9.64. The highest BCUT2D eigenvalue weighted by Gasteiger charge is 2.39. The van der Waals surface area contributed by atoms with E-state index >= 15 is 0 Å². The number of benzene rings is 2. The molecule has 2 aromatic rings. The average molecular weight is 613 g/mol. The number of carbonyl (C=O) groups is 1. The second kappa shape index (κ2) is 11.9. The van der Waals surface area contributed by atoms with Crippen molar-refractivity contribution >= 4 is 39.1 Å². The van der Waals surface area contributed by atoms with Crippen molar-refractivity contribution in [2.24, 2.45) is 0 Å². The molecule has 0 spiro atoms. The fourth-order valence-corrected chi connectivity index (χ4v) is 6.39. The van der Waals surface area contributed by atoms with E-state index < -0.39 is 33.0 Å². The van der Waals surface area contributed by atoms with Crippen LogP contribution in [0.4, 0.5) is 17.6 Å². The molecule has 1 aliphatic heterocycles. The summed E-state index contributed by atoms with van der Waals surface area (Å²) in [7, 11) is -1.83. The van der Waals surface area contributed by atoms with E-state index in [1.54, 1.807) is 25.1 Å². The predicted octanol–water partition coefficient (Wildman–Crippen LogP) is 5.42. The molecule has 0 N–H and O–H groups in total. The van der Waals surface area contributed by atoms with Crippen molar-refractivity contribution in [1.29, 1.82) is 0 Å².